The molecule has 2 aromatic rings. The van der Waals surface area contributed by atoms with Crippen LogP contribution in [0, 0.1) is 12.8 Å². The van der Waals surface area contributed by atoms with Crippen molar-refractivity contribution in [3.8, 4) is 0 Å². The van der Waals surface area contributed by atoms with E-state index in [9.17, 15) is 5.11 Å². The van der Waals surface area contributed by atoms with E-state index in [-0.39, 0.29) is 5.92 Å². The lowest BCUT2D eigenvalue weighted by molar-refractivity contribution is 0.127. The topological polar surface area (TPSA) is 64.1 Å². The number of rotatable bonds is 4. The number of aliphatic hydroxyl groups excluding tert-OH is 1. The van der Waals surface area contributed by atoms with Crippen LogP contribution in [-0.4, -0.2) is 19.8 Å². The van der Waals surface area contributed by atoms with Gasteiger partial charge >= 0.3 is 0 Å². The summed E-state index contributed by atoms with van der Waals surface area (Å²) in [6.07, 6.45) is 3.38. The fourth-order valence-electron chi connectivity index (χ4n) is 1.68. The summed E-state index contributed by atoms with van der Waals surface area (Å²) in [4.78, 5) is 4.13. The van der Waals surface area contributed by atoms with Crippen LogP contribution in [0.25, 0.3) is 0 Å². The lowest BCUT2D eigenvalue weighted by Crippen LogP contribution is -2.04. The molecule has 0 amide bonds. The van der Waals surface area contributed by atoms with E-state index in [1.807, 2.05) is 36.9 Å². The Morgan fingerprint density at radius 1 is 1.47 bits per heavy atom. The Kier molecular flexibility index (Phi) is 3.28. The summed E-state index contributed by atoms with van der Waals surface area (Å²) in [5, 5.41) is 13.7. The van der Waals surface area contributed by atoms with Crippen LogP contribution < -0.4 is 0 Å². The maximum Gasteiger partial charge on any atom is 0.246 e. The summed E-state index contributed by atoms with van der Waals surface area (Å²) >= 11 is 0. The largest absolute Gasteiger partial charge is 0.388 e. The van der Waals surface area contributed by atoms with Gasteiger partial charge in [-0.2, -0.15) is 4.98 Å². The molecule has 0 saturated carbocycles. The molecular formula is C12H17N3O2. The van der Waals surface area contributed by atoms with Crippen molar-refractivity contribution in [3.63, 3.8) is 0 Å². The summed E-state index contributed by atoms with van der Waals surface area (Å²) in [7, 11) is 0. The number of nitrogens with zero attached hydrogens (tertiary/aromatic N) is 3. The van der Waals surface area contributed by atoms with E-state index in [1.54, 1.807) is 6.92 Å². The van der Waals surface area contributed by atoms with Crippen LogP contribution in [0.3, 0.4) is 0 Å². The first-order valence-electron chi connectivity index (χ1n) is 5.69. The van der Waals surface area contributed by atoms with Gasteiger partial charge in [0.1, 0.15) is 6.54 Å². The smallest absolute Gasteiger partial charge is 0.246 e. The quantitative estimate of drug-likeness (QED) is 0.879. The van der Waals surface area contributed by atoms with Gasteiger partial charge in [0.05, 0.1) is 6.10 Å². The molecule has 0 saturated heterocycles. The second kappa shape index (κ2) is 4.71. The van der Waals surface area contributed by atoms with Crippen LogP contribution >= 0.6 is 0 Å². The van der Waals surface area contributed by atoms with E-state index in [0.717, 1.165) is 5.56 Å². The van der Waals surface area contributed by atoms with E-state index in [4.69, 9.17) is 4.52 Å². The summed E-state index contributed by atoms with van der Waals surface area (Å²) in [6, 6.07) is 1.91. The van der Waals surface area contributed by atoms with E-state index in [1.165, 1.54) is 0 Å². The third kappa shape index (κ3) is 2.74. The first kappa shape index (κ1) is 11.9. The molecule has 0 aromatic carbocycles. The second-order valence-electron chi connectivity index (χ2n) is 4.54. The first-order chi connectivity index (χ1) is 8.06. The monoisotopic (exact) mass is 235 g/mol. The standard InChI is InChI=1S/C12H17N3O2/c1-8(2)12(16)10-4-5-15(6-10)7-11-13-9(3)14-17-11/h4-6,8,12,16H,7H2,1-3H3. The molecule has 0 fully saturated rings. The third-order valence-corrected chi connectivity index (χ3v) is 2.63. The molecule has 2 rings (SSSR count). The van der Waals surface area contributed by atoms with Crippen LogP contribution in [-0.2, 0) is 6.54 Å². The van der Waals surface area contributed by atoms with Gasteiger partial charge < -0.3 is 14.2 Å². The van der Waals surface area contributed by atoms with E-state index < -0.39 is 6.10 Å². The van der Waals surface area contributed by atoms with Crippen molar-refractivity contribution in [2.75, 3.05) is 0 Å². The molecule has 0 aliphatic carbocycles. The molecule has 0 aliphatic heterocycles. The first-order valence-corrected chi connectivity index (χ1v) is 5.69. The number of aromatic nitrogens is 3. The van der Waals surface area contributed by atoms with Crippen molar-refractivity contribution in [2.24, 2.45) is 5.92 Å². The predicted octanol–water partition coefficient (Wildman–Crippen LogP) is 1.92. The summed E-state index contributed by atoms with van der Waals surface area (Å²) in [5.41, 5.74) is 0.913. The predicted molar refractivity (Wildman–Crippen MR) is 62.4 cm³/mol. The number of aryl methyl sites for hydroxylation is 1. The molecule has 1 unspecified atom stereocenters. The lowest BCUT2D eigenvalue weighted by atomic mass is 10.0. The van der Waals surface area contributed by atoms with Crippen LogP contribution in [0.5, 0.6) is 0 Å². The Morgan fingerprint density at radius 3 is 2.82 bits per heavy atom. The highest BCUT2D eigenvalue weighted by atomic mass is 16.5. The van der Waals surface area contributed by atoms with Crippen molar-refractivity contribution in [1.82, 2.24) is 14.7 Å². The molecule has 92 valence electrons. The molecule has 0 bridgehead atoms. The molecule has 2 aromatic heterocycles. The molecule has 2 heterocycles. The maximum absolute atomic E-state index is 9.92. The molecule has 17 heavy (non-hydrogen) atoms. The lowest BCUT2D eigenvalue weighted by Gasteiger charge is -2.12. The van der Waals surface area contributed by atoms with Crippen LogP contribution in [0.4, 0.5) is 0 Å². The van der Waals surface area contributed by atoms with Gasteiger partial charge in [-0.3, -0.25) is 0 Å². The average Bonchev–Trinajstić information content (AvgIpc) is 2.87. The average molecular weight is 235 g/mol. The minimum atomic E-state index is -0.430. The fourth-order valence-corrected chi connectivity index (χ4v) is 1.68. The Labute approximate surface area is 100 Å². The van der Waals surface area contributed by atoms with Crippen molar-refractivity contribution in [2.45, 2.75) is 33.4 Å². The Morgan fingerprint density at radius 2 is 2.24 bits per heavy atom. The summed E-state index contributed by atoms with van der Waals surface area (Å²) in [6.45, 7) is 6.30. The van der Waals surface area contributed by atoms with E-state index >= 15 is 0 Å². The molecular weight excluding hydrogens is 218 g/mol. The highest BCUT2D eigenvalue weighted by molar-refractivity contribution is 5.14. The van der Waals surface area contributed by atoms with E-state index in [2.05, 4.69) is 10.1 Å². The second-order valence-corrected chi connectivity index (χ2v) is 4.54. The zero-order valence-electron chi connectivity index (χ0n) is 10.3. The van der Waals surface area contributed by atoms with Gasteiger partial charge in [0.15, 0.2) is 5.82 Å². The maximum atomic E-state index is 9.92. The van der Waals surface area contributed by atoms with Crippen LogP contribution in [0.1, 0.15) is 37.2 Å². The summed E-state index contributed by atoms with van der Waals surface area (Å²) < 4.78 is 6.97. The van der Waals surface area contributed by atoms with Crippen molar-refractivity contribution < 1.29 is 9.63 Å². The molecule has 5 heteroatoms. The molecule has 1 N–H and O–H groups in total. The highest BCUT2D eigenvalue weighted by Crippen LogP contribution is 2.21. The highest BCUT2D eigenvalue weighted by Gasteiger charge is 2.13. The zero-order valence-corrected chi connectivity index (χ0v) is 10.3. The van der Waals surface area contributed by atoms with Gasteiger partial charge in [0.2, 0.25) is 5.89 Å². The van der Waals surface area contributed by atoms with Crippen LogP contribution in [0.15, 0.2) is 23.0 Å². The molecule has 0 spiro atoms. The normalized spacial score (nSPS) is 13.2. The third-order valence-electron chi connectivity index (χ3n) is 2.63. The molecule has 0 aliphatic rings. The Bertz CT molecular complexity index is 487. The molecule has 1 atom stereocenters. The van der Waals surface area contributed by atoms with Crippen molar-refractivity contribution in [3.05, 3.63) is 35.7 Å². The van der Waals surface area contributed by atoms with Crippen LogP contribution in [0.2, 0.25) is 0 Å². The minimum Gasteiger partial charge on any atom is -0.388 e. The van der Waals surface area contributed by atoms with Crippen molar-refractivity contribution in [1.29, 1.82) is 0 Å². The van der Waals surface area contributed by atoms with Gasteiger partial charge in [-0.15, -0.1) is 0 Å². The molecule has 0 radical (unpaired) electrons. The number of hydrogen-bond donors (Lipinski definition) is 1. The van der Waals surface area contributed by atoms with Gasteiger partial charge in [-0.1, -0.05) is 19.0 Å². The van der Waals surface area contributed by atoms with Gasteiger partial charge in [0.25, 0.3) is 0 Å². The van der Waals surface area contributed by atoms with E-state index in [0.29, 0.717) is 18.3 Å². The SMILES string of the molecule is Cc1noc(Cn2ccc(C(O)C(C)C)c2)n1. The number of hydrogen-bond acceptors (Lipinski definition) is 4. The molecule has 5 nitrogen and oxygen atoms in total. The Balaban J connectivity index is 2.08. The fraction of sp³-hybridized carbons (Fsp3) is 0.500. The number of aliphatic hydroxyl groups is 1. The summed E-state index contributed by atoms with van der Waals surface area (Å²) in [5.74, 6) is 1.41. The van der Waals surface area contributed by atoms with Gasteiger partial charge in [0, 0.05) is 12.4 Å². The zero-order chi connectivity index (χ0) is 12.4. The Hall–Kier alpha value is -1.62. The van der Waals surface area contributed by atoms with Gasteiger partial charge in [-0.05, 0) is 24.5 Å². The van der Waals surface area contributed by atoms with Gasteiger partial charge in [-0.25, -0.2) is 0 Å². The minimum absolute atomic E-state index is 0.205. The van der Waals surface area contributed by atoms with Crippen molar-refractivity contribution >= 4 is 0 Å².